The van der Waals surface area contributed by atoms with E-state index in [0.29, 0.717) is 17.5 Å². The molecule has 0 radical (unpaired) electrons. The van der Waals surface area contributed by atoms with E-state index in [-0.39, 0.29) is 11.9 Å². The first-order chi connectivity index (χ1) is 10.0. The number of rotatable bonds is 5. The van der Waals surface area contributed by atoms with Gasteiger partial charge in [-0.1, -0.05) is 48.9 Å². The van der Waals surface area contributed by atoms with Crippen LogP contribution in [0.15, 0.2) is 36.4 Å². The van der Waals surface area contributed by atoms with E-state index < -0.39 is 0 Å². The van der Waals surface area contributed by atoms with Crippen molar-refractivity contribution in [1.29, 1.82) is 0 Å². The highest BCUT2D eigenvalue weighted by molar-refractivity contribution is 6.31. The molecule has 3 heteroatoms. The summed E-state index contributed by atoms with van der Waals surface area (Å²) in [6, 6.07) is 11.5. The molecule has 0 fully saturated rings. The van der Waals surface area contributed by atoms with Crippen molar-refractivity contribution in [2.45, 2.75) is 33.2 Å². The van der Waals surface area contributed by atoms with Gasteiger partial charge in [0.2, 0.25) is 0 Å². The van der Waals surface area contributed by atoms with Crippen LogP contribution in [0, 0.1) is 19.7 Å². The van der Waals surface area contributed by atoms with Crippen molar-refractivity contribution in [3.05, 3.63) is 69.5 Å². The number of nitrogens with one attached hydrogen (secondary N) is 1. The molecule has 112 valence electrons. The van der Waals surface area contributed by atoms with Crippen LogP contribution in [0.1, 0.15) is 35.2 Å². The third-order valence-corrected chi connectivity index (χ3v) is 4.03. The molecule has 0 saturated carbocycles. The summed E-state index contributed by atoms with van der Waals surface area (Å²) < 4.78 is 14.4. The highest BCUT2D eigenvalue weighted by Gasteiger charge is 2.17. The van der Waals surface area contributed by atoms with E-state index in [1.807, 2.05) is 44.2 Å². The minimum Gasteiger partial charge on any atom is -0.310 e. The second-order valence-corrected chi connectivity index (χ2v) is 5.79. The van der Waals surface area contributed by atoms with Gasteiger partial charge in [0.05, 0.1) is 0 Å². The van der Waals surface area contributed by atoms with Crippen molar-refractivity contribution in [1.82, 2.24) is 5.32 Å². The second kappa shape index (κ2) is 7.06. The summed E-state index contributed by atoms with van der Waals surface area (Å²) in [6.07, 6.45) is 0.674. The predicted molar refractivity (Wildman–Crippen MR) is 87.4 cm³/mol. The minimum absolute atomic E-state index is 0.0740. The van der Waals surface area contributed by atoms with Gasteiger partial charge in [0.15, 0.2) is 0 Å². The number of halogens is 2. The van der Waals surface area contributed by atoms with Crippen molar-refractivity contribution >= 4 is 11.6 Å². The summed E-state index contributed by atoms with van der Waals surface area (Å²) in [5.41, 5.74) is 3.54. The summed E-state index contributed by atoms with van der Waals surface area (Å²) in [5, 5.41) is 4.10. The Hall–Kier alpha value is -1.38. The Bertz CT molecular complexity index is 625. The SMILES string of the molecule is CCNC(Cc1ccc(C)cc1Cl)c1cccc(C)c1F. The van der Waals surface area contributed by atoms with Gasteiger partial charge in [0.25, 0.3) is 0 Å². The van der Waals surface area contributed by atoms with Crippen molar-refractivity contribution < 1.29 is 4.39 Å². The minimum atomic E-state index is -0.133. The fourth-order valence-corrected chi connectivity index (χ4v) is 2.83. The summed E-state index contributed by atoms with van der Waals surface area (Å²) >= 11 is 6.31. The van der Waals surface area contributed by atoms with Crippen LogP contribution >= 0.6 is 11.6 Å². The Morgan fingerprint density at radius 2 is 1.95 bits per heavy atom. The second-order valence-electron chi connectivity index (χ2n) is 5.39. The van der Waals surface area contributed by atoms with E-state index in [4.69, 9.17) is 11.6 Å². The normalized spacial score (nSPS) is 12.4. The molecular formula is C18H21ClFN. The molecule has 0 bridgehead atoms. The van der Waals surface area contributed by atoms with E-state index in [1.54, 1.807) is 13.0 Å². The van der Waals surface area contributed by atoms with E-state index in [9.17, 15) is 4.39 Å². The highest BCUT2D eigenvalue weighted by Crippen LogP contribution is 2.27. The van der Waals surface area contributed by atoms with Crippen LogP contribution < -0.4 is 5.32 Å². The van der Waals surface area contributed by atoms with Crippen LogP contribution in [0.2, 0.25) is 5.02 Å². The van der Waals surface area contributed by atoms with Gasteiger partial charge in [-0.3, -0.25) is 0 Å². The van der Waals surface area contributed by atoms with Crippen molar-refractivity contribution in [3.8, 4) is 0 Å². The van der Waals surface area contributed by atoms with Crippen LogP contribution in [0.3, 0.4) is 0 Å². The molecule has 0 aliphatic heterocycles. The lowest BCUT2D eigenvalue weighted by molar-refractivity contribution is 0.507. The quantitative estimate of drug-likeness (QED) is 0.820. The zero-order valence-corrected chi connectivity index (χ0v) is 13.5. The first-order valence-electron chi connectivity index (χ1n) is 7.26. The molecule has 0 aromatic heterocycles. The summed E-state index contributed by atoms with van der Waals surface area (Å²) in [4.78, 5) is 0. The average Bonchev–Trinajstić information content (AvgIpc) is 2.44. The van der Waals surface area contributed by atoms with Crippen molar-refractivity contribution in [2.75, 3.05) is 6.54 Å². The van der Waals surface area contributed by atoms with E-state index in [1.165, 1.54) is 0 Å². The lowest BCUT2D eigenvalue weighted by Gasteiger charge is -2.20. The maximum absolute atomic E-state index is 14.4. The Morgan fingerprint density at radius 1 is 1.19 bits per heavy atom. The number of likely N-dealkylation sites (N-methyl/N-ethyl adjacent to an activating group) is 1. The fraction of sp³-hybridized carbons (Fsp3) is 0.333. The third kappa shape index (κ3) is 3.84. The maximum atomic E-state index is 14.4. The number of aryl methyl sites for hydroxylation is 2. The van der Waals surface area contributed by atoms with Crippen LogP contribution in [0.4, 0.5) is 4.39 Å². The zero-order valence-electron chi connectivity index (χ0n) is 12.7. The lowest BCUT2D eigenvalue weighted by Crippen LogP contribution is -2.24. The number of hydrogen-bond acceptors (Lipinski definition) is 1. The monoisotopic (exact) mass is 305 g/mol. The molecule has 2 aromatic carbocycles. The Morgan fingerprint density at radius 3 is 2.62 bits per heavy atom. The zero-order chi connectivity index (χ0) is 15.4. The molecule has 1 unspecified atom stereocenters. The maximum Gasteiger partial charge on any atom is 0.130 e. The summed E-state index contributed by atoms with van der Waals surface area (Å²) in [5.74, 6) is -0.133. The molecule has 1 N–H and O–H groups in total. The third-order valence-electron chi connectivity index (χ3n) is 3.68. The van der Waals surface area contributed by atoms with Gasteiger partial charge >= 0.3 is 0 Å². The first-order valence-corrected chi connectivity index (χ1v) is 7.64. The van der Waals surface area contributed by atoms with Crippen LogP contribution in [0.5, 0.6) is 0 Å². The molecule has 1 nitrogen and oxygen atoms in total. The van der Waals surface area contributed by atoms with Crippen LogP contribution in [-0.2, 0) is 6.42 Å². The molecule has 1 atom stereocenters. The number of benzene rings is 2. The molecular weight excluding hydrogens is 285 g/mol. The molecule has 0 aliphatic rings. The van der Waals surface area contributed by atoms with Gasteiger partial charge in [0.1, 0.15) is 5.82 Å². The lowest BCUT2D eigenvalue weighted by atomic mass is 9.96. The van der Waals surface area contributed by atoms with Gasteiger partial charge in [-0.2, -0.15) is 0 Å². The summed E-state index contributed by atoms with van der Waals surface area (Å²) in [7, 11) is 0. The smallest absolute Gasteiger partial charge is 0.130 e. The van der Waals surface area contributed by atoms with Gasteiger partial charge in [-0.05, 0) is 49.6 Å². The Balaban J connectivity index is 2.33. The van der Waals surface area contributed by atoms with Crippen LogP contribution in [0.25, 0.3) is 0 Å². The Labute approximate surface area is 131 Å². The van der Waals surface area contributed by atoms with Crippen molar-refractivity contribution in [2.24, 2.45) is 0 Å². The molecule has 0 spiro atoms. The molecule has 0 amide bonds. The predicted octanol–water partition coefficient (Wildman–Crippen LogP) is 4.99. The van der Waals surface area contributed by atoms with Crippen LogP contribution in [-0.4, -0.2) is 6.54 Å². The highest BCUT2D eigenvalue weighted by atomic mass is 35.5. The van der Waals surface area contributed by atoms with Gasteiger partial charge in [0, 0.05) is 16.6 Å². The fourth-order valence-electron chi connectivity index (χ4n) is 2.52. The van der Waals surface area contributed by atoms with Crippen molar-refractivity contribution in [3.63, 3.8) is 0 Å². The number of hydrogen-bond donors (Lipinski definition) is 1. The van der Waals surface area contributed by atoms with Gasteiger partial charge in [-0.15, -0.1) is 0 Å². The van der Waals surface area contributed by atoms with E-state index >= 15 is 0 Å². The molecule has 2 rings (SSSR count). The molecule has 0 heterocycles. The average molecular weight is 306 g/mol. The first kappa shape index (κ1) is 16.0. The standard InChI is InChI=1S/C18H21ClFN/c1-4-21-17(15-7-5-6-13(3)18(15)20)11-14-9-8-12(2)10-16(14)19/h5-10,17,21H,4,11H2,1-3H3. The van der Waals surface area contributed by atoms with E-state index in [0.717, 1.165) is 22.7 Å². The molecule has 2 aromatic rings. The Kier molecular flexibility index (Phi) is 5.38. The largest absolute Gasteiger partial charge is 0.310 e. The summed E-state index contributed by atoms with van der Waals surface area (Å²) in [6.45, 7) is 6.61. The van der Waals surface area contributed by atoms with Gasteiger partial charge < -0.3 is 5.32 Å². The molecule has 21 heavy (non-hydrogen) atoms. The van der Waals surface area contributed by atoms with E-state index in [2.05, 4.69) is 5.32 Å². The van der Waals surface area contributed by atoms with Gasteiger partial charge in [-0.25, -0.2) is 4.39 Å². The molecule has 0 aliphatic carbocycles. The topological polar surface area (TPSA) is 12.0 Å². The molecule has 0 saturated heterocycles.